The van der Waals surface area contributed by atoms with Gasteiger partial charge in [0.25, 0.3) is 0 Å². The predicted molar refractivity (Wildman–Crippen MR) is 88.7 cm³/mol. The molecule has 0 aliphatic carbocycles. The van der Waals surface area contributed by atoms with Gasteiger partial charge >= 0.3 is 11.9 Å². The standard InChI is InChI=1S/C17H20NO4P/c1-11-5-6-13-14(15(19)21-3)23-10-12(2)7-8-17(23,16(20)22-4)18(13)9-11/h5-7,9H,8,10H2,1-4H3/t17-,23?/m1/s1. The maximum atomic E-state index is 12.8. The molecule has 0 radical (unpaired) electrons. The summed E-state index contributed by atoms with van der Waals surface area (Å²) in [4.78, 5) is 27.2. The number of nitrogens with zero attached hydrogens (tertiary/aromatic N) is 1. The van der Waals surface area contributed by atoms with Crippen LogP contribution in [0.25, 0.3) is 0 Å². The Labute approximate surface area is 137 Å². The summed E-state index contributed by atoms with van der Waals surface area (Å²) in [6.07, 6.45) is 9.12. The summed E-state index contributed by atoms with van der Waals surface area (Å²) in [7, 11) is 1.71. The van der Waals surface area contributed by atoms with E-state index in [4.69, 9.17) is 9.47 Å². The first-order valence-electron chi connectivity index (χ1n) is 7.46. The third-order valence-electron chi connectivity index (χ3n) is 4.49. The number of fused-ring (bicyclic) bond motifs is 3. The Morgan fingerprint density at radius 2 is 1.96 bits per heavy atom. The third-order valence-corrected chi connectivity index (χ3v) is 7.73. The Hall–Kier alpha value is -1.87. The maximum Gasteiger partial charge on any atom is 0.340 e. The number of carbonyl (C=O) groups excluding carboxylic acids is 2. The van der Waals surface area contributed by atoms with Gasteiger partial charge in [-0.3, -0.25) is 0 Å². The lowest BCUT2D eigenvalue weighted by Gasteiger charge is -2.43. The Morgan fingerprint density at radius 3 is 2.61 bits per heavy atom. The van der Waals surface area contributed by atoms with E-state index in [9.17, 15) is 9.59 Å². The molecule has 0 saturated carbocycles. The van der Waals surface area contributed by atoms with E-state index in [-0.39, 0.29) is 11.9 Å². The van der Waals surface area contributed by atoms with E-state index in [1.54, 1.807) is 0 Å². The Bertz CT molecular complexity index is 703. The zero-order valence-electron chi connectivity index (χ0n) is 13.8. The fourth-order valence-corrected chi connectivity index (χ4v) is 6.61. The topological polar surface area (TPSA) is 55.8 Å². The predicted octanol–water partition coefficient (Wildman–Crippen LogP) is 2.86. The molecular formula is C17H20NO4P. The van der Waals surface area contributed by atoms with Crippen LogP contribution in [0.4, 0.5) is 0 Å². The molecule has 5 nitrogen and oxygen atoms in total. The van der Waals surface area contributed by atoms with Crippen LogP contribution in [0.5, 0.6) is 0 Å². The van der Waals surface area contributed by atoms with E-state index < -0.39 is 13.2 Å². The molecule has 1 unspecified atom stereocenters. The minimum atomic E-state index is -1.07. The van der Waals surface area contributed by atoms with E-state index in [0.717, 1.165) is 11.3 Å². The molecule has 0 aromatic carbocycles. The van der Waals surface area contributed by atoms with E-state index >= 15 is 0 Å². The average Bonchev–Trinajstić information content (AvgIpc) is 2.83. The Balaban J connectivity index is 2.24. The fourth-order valence-electron chi connectivity index (χ4n) is 3.37. The molecule has 0 N–H and O–H groups in total. The largest absolute Gasteiger partial charge is 0.467 e. The molecule has 23 heavy (non-hydrogen) atoms. The molecular weight excluding hydrogens is 313 g/mol. The van der Waals surface area contributed by atoms with Crippen molar-refractivity contribution in [2.45, 2.75) is 25.5 Å². The molecule has 0 aromatic rings. The van der Waals surface area contributed by atoms with Gasteiger partial charge in [0.2, 0.25) is 0 Å². The second-order valence-corrected chi connectivity index (χ2v) is 8.31. The van der Waals surface area contributed by atoms with Crippen LogP contribution >= 0.6 is 7.92 Å². The molecule has 3 aliphatic rings. The van der Waals surface area contributed by atoms with Crippen molar-refractivity contribution in [3.63, 3.8) is 0 Å². The third kappa shape index (κ3) is 2.18. The van der Waals surface area contributed by atoms with Crippen LogP contribution < -0.4 is 0 Å². The summed E-state index contributed by atoms with van der Waals surface area (Å²) >= 11 is 0. The molecule has 3 rings (SSSR count). The zero-order chi connectivity index (χ0) is 16.8. The molecule has 0 amide bonds. The quantitative estimate of drug-likeness (QED) is 0.442. The second kappa shape index (κ2) is 5.64. The summed E-state index contributed by atoms with van der Waals surface area (Å²) < 4.78 is 10.2. The molecule has 0 spiro atoms. The molecule has 0 aromatic heterocycles. The lowest BCUT2D eigenvalue weighted by molar-refractivity contribution is -0.147. The van der Waals surface area contributed by atoms with Crippen molar-refractivity contribution in [3.05, 3.63) is 46.6 Å². The molecule has 0 saturated heterocycles. The molecule has 3 heterocycles. The van der Waals surface area contributed by atoms with Crippen LogP contribution in [0.1, 0.15) is 20.3 Å². The molecule has 0 bridgehead atoms. The van der Waals surface area contributed by atoms with Crippen molar-refractivity contribution in [1.82, 2.24) is 4.90 Å². The number of esters is 2. The number of carbonyl (C=O) groups is 2. The van der Waals surface area contributed by atoms with Crippen molar-refractivity contribution in [2.75, 3.05) is 20.4 Å². The normalized spacial score (nSPS) is 28.7. The minimum absolute atomic E-state index is 0.289. The highest BCUT2D eigenvalue weighted by Gasteiger charge is 2.60. The molecule has 3 aliphatic heterocycles. The van der Waals surface area contributed by atoms with E-state index in [0.29, 0.717) is 17.9 Å². The van der Waals surface area contributed by atoms with Crippen molar-refractivity contribution in [1.29, 1.82) is 0 Å². The summed E-state index contributed by atoms with van der Waals surface area (Å²) in [6.45, 7) is 4.01. The van der Waals surface area contributed by atoms with Crippen LogP contribution in [0.15, 0.2) is 46.6 Å². The van der Waals surface area contributed by atoms with Gasteiger partial charge < -0.3 is 14.4 Å². The first kappa shape index (κ1) is 16.0. The Kier molecular flexibility index (Phi) is 3.93. The summed E-state index contributed by atoms with van der Waals surface area (Å²) in [5, 5.41) is -0.213. The zero-order valence-corrected chi connectivity index (χ0v) is 14.6. The van der Waals surface area contributed by atoms with Gasteiger partial charge in [-0.1, -0.05) is 17.7 Å². The van der Waals surface area contributed by atoms with Crippen molar-refractivity contribution < 1.29 is 19.1 Å². The second-order valence-electron chi connectivity index (χ2n) is 5.95. The number of rotatable bonds is 2. The summed E-state index contributed by atoms with van der Waals surface area (Å²) in [6, 6.07) is 0. The Morgan fingerprint density at radius 1 is 1.22 bits per heavy atom. The van der Waals surface area contributed by atoms with Gasteiger partial charge in [-0.25, -0.2) is 9.59 Å². The number of ether oxygens (including phenoxy) is 2. The lowest BCUT2D eigenvalue weighted by Crippen LogP contribution is -2.49. The van der Waals surface area contributed by atoms with Gasteiger partial charge in [-0.05, 0) is 39.6 Å². The van der Waals surface area contributed by atoms with Gasteiger partial charge in [0.1, 0.15) is 0 Å². The number of methoxy groups -OCH3 is 2. The SMILES string of the molecule is COC(=O)C1=C2C=CC(C)=CN2[C@]2(C(=O)OC)CC=C(C)CP12. The molecule has 122 valence electrons. The summed E-state index contributed by atoms with van der Waals surface area (Å²) in [5.74, 6) is -0.641. The summed E-state index contributed by atoms with van der Waals surface area (Å²) in [5.41, 5.74) is 2.99. The number of hydrogen-bond donors (Lipinski definition) is 0. The van der Waals surface area contributed by atoms with E-state index in [2.05, 4.69) is 6.08 Å². The van der Waals surface area contributed by atoms with Crippen LogP contribution in [0, 0.1) is 0 Å². The van der Waals surface area contributed by atoms with Gasteiger partial charge in [0.05, 0.1) is 25.2 Å². The van der Waals surface area contributed by atoms with Crippen LogP contribution in [-0.4, -0.2) is 42.5 Å². The monoisotopic (exact) mass is 333 g/mol. The van der Waals surface area contributed by atoms with Gasteiger partial charge in [0, 0.05) is 12.6 Å². The first-order chi connectivity index (χ1) is 11.0. The van der Waals surface area contributed by atoms with Crippen molar-refractivity contribution in [2.24, 2.45) is 0 Å². The maximum absolute atomic E-state index is 12.8. The van der Waals surface area contributed by atoms with Crippen molar-refractivity contribution >= 4 is 19.9 Å². The van der Waals surface area contributed by atoms with Crippen molar-refractivity contribution in [3.8, 4) is 0 Å². The van der Waals surface area contributed by atoms with Crippen LogP contribution in [0.3, 0.4) is 0 Å². The minimum Gasteiger partial charge on any atom is -0.467 e. The smallest absolute Gasteiger partial charge is 0.340 e. The highest BCUT2D eigenvalue weighted by atomic mass is 31.1. The number of allylic oxidation sites excluding steroid dienone is 4. The molecule has 0 fully saturated rings. The van der Waals surface area contributed by atoms with Gasteiger partial charge in [-0.15, -0.1) is 0 Å². The number of hydrogen-bond acceptors (Lipinski definition) is 5. The highest BCUT2D eigenvalue weighted by molar-refractivity contribution is 7.66. The van der Waals surface area contributed by atoms with Crippen LogP contribution in [-0.2, 0) is 19.1 Å². The van der Waals surface area contributed by atoms with Crippen LogP contribution in [0.2, 0.25) is 0 Å². The lowest BCUT2D eigenvalue weighted by atomic mass is 10.1. The highest BCUT2D eigenvalue weighted by Crippen LogP contribution is 2.69. The first-order valence-corrected chi connectivity index (χ1v) is 8.98. The van der Waals surface area contributed by atoms with E-state index in [1.807, 2.05) is 37.1 Å². The molecule has 6 heteroatoms. The fraction of sp³-hybridized carbons (Fsp3) is 0.412. The molecule has 2 atom stereocenters. The van der Waals surface area contributed by atoms with E-state index in [1.165, 1.54) is 19.8 Å². The van der Waals surface area contributed by atoms with Gasteiger partial charge in [-0.2, -0.15) is 0 Å². The van der Waals surface area contributed by atoms with Gasteiger partial charge in [0.15, 0.2) is 5.28 Å². The average molecular weight is 333 g/mol.